The number of benzene rings is 3. The second kappa shape index (κ2) is 10.3. The summed E-state index contributed by atoms with van der Waals surface area (Å²) < 4.78 is 7.61. The van der Waals surface area contributed by atoms with Crippen LogP contribution in [0.5, 0.6) is 0 Å². The standard InChI is InChI=1S/C29H26N4O2S/c1-19-6-14-25(15-7-19)33-27(26-5-4-16-35-26)31-32-29(33)36-18-22-9-11-23(12-10-22)28(34)30-24-13-8-20(2)21(3)17-24/h4-17H,18H2,1-3H3,(H,30,34). The first-order valence-electron chi connectivity index (χ1n) is 11.6. The molecule has 0 spiro atoms. The fourth-order valence-electron chi connectivity index (χ4n) is 3.78. The molecule has 36 heavy (non-hydrogen) atoms. The van der Waals surface area contributed by atoms with E-state index >= 15 is 0 Å². The van der Waals surface area contributed by atoms with E-state index in [1.165, 1.54) is 11.1 Å². The van der Waals surface area contributed by atoms with Crippen LogP contribution in [0.25, 0.3) is 17.3 Å². The molecule has 0 unspecified atom stereocenters. The van der Waals surface area contributed by atoms with Gasteiger partial charge in [-0.25, -0.2) is 0 Å². The van der Waals surface area contributed by atoms with Gasteiger partial charge in [-0.05, 0) is 86.0 Å². The summed E-state index contributed by atoms with van der Waals surface area (Å²) in [7, 11) is 0. The highest BCUT2D eigenvalue weighted by atomic mass is 32.2. The lowest BCUT2D eigenvalue weighted by Crippen LogP contribution is -2.12. The number of rotatable bonds is 7. The number of anilines is 1. The van der Waals surface area contributed by atoms with E-state index in [2.05, 4.69) is 53.6 Å². The fraction of sp³-hybridized carbons (Fsp3) is 0.138. The smallest absolute Gasteiger partial charge is 0.255 e. The summed E-state index contributed by atoms with van der Waals surface area (Å²) in [5.41, 5.74) is 6.99. The summed E-state index contributed by atoms with van der Waals surface area (Å²) in [5.74, 6) is 1.87. The number of carbonyl (C=O) groups excluding carboxylic acids is 1. The van der Waals surface area contributed by atoms with Crippen LogP contribution in [0.3, 0.4) is 0 Å². The molecule has 0 saturated carbocycles. The minimum atomic E-state index is -0.125. The molecule has 1 amide bonds. The molecule has 5 rings (SSSR count). The van der Waals surface area contributed by atoms with Gasteiger partial charge in [0.05, 0.1) is 6.26 Å². The summed E-state index contributed by atoms with van der Waals surface area (Å²) in [6, 6.07) is 25.5. The first-order chi connectivity index (χ1) is 17.5. The van der Waals surface area contributed by atoms with Gasteiger partial charge in [0.1, 0.15) is 0 Å². The zero-order valence-corrected chi connectivity index (χ0v) is 21.2. The van der Waals surface area contributed by atoms with Crippen molar-refractivity contribution in [2.24, 2.45) is 0 Å². The number of thioether (sulfide) groups is 1. The lowest BCUT2D eigenvalue weighted by atomic mass is 10.1. The number of nitrogens with one attached hydrogen (secondary N) is 1. The fourth-order valence-corrected chi connectivity index (χ4v) is 4.69. The molecule has 7 heteroatoms. The predicted molar refractivity (Wildman–Crippen MR) is 144 cm³/mol. The molecule has 0 radical (unpaired) electrons. The largest absolute Gasteiger partial charge is 0.461 e. The number of aromatic nitrogens is 3. The SMILES string of the molecule is Cc1ccc(-n2c(SCc3ccc(C(=O)Nc4ccc(C)c(C)c4)cc3)nnc2-c2ccco2)cc1. The predicted octanol–water partition coefficient (Wildman–Crippen LogP) is 7.00. The van der Waals surface area contributed by atoms with E-state index in [-0.39, 0.29) is 5.91 Å². The first kappa shape index (κ1) is 23.6. The van der Waals surface area contributed by atoms with Crippen LogP contribution >= 0.6 is 11.8 Å². The number of hydrogen-bond donors (Lipinski definition) is 1. The molecule has 2 heterocycles. The number of carbonyl (C=O) groups is 1. The van der Waals surface area contributed by atoms with Crippen LogP contribution in [0, 0.1) is 20.8 Å². The Bertz CT molecular complexity index is 1490. The van der Waals surface area contributed by atoms with Gasteiger partial charge in [0, 0.05) is 22.7 Å². The molecule has 0 saturated heterocycles. The van der Waals surface area contributed by atoms with Gasteiger partial charge in [0.2, 0.25) is 5.82 Å². The van der Waals surface area contributed by atoms with Crippen LogP contribution in [-0.2, 0) is 5.75 Å². The number of aryl methyl sites for hydroxylation is 3. The Kier molecular flexibility index (Phi) is 6.73. The molecule has 0 atom stereocenters. The van der Waals surface area contributed by atoms with Crippen molar-refractivity contribution in [3.05, 3.63) is 113 Å². The molecule has 0 aliphatic carbocycles. The summed E-state index contributed by atoms with van der Waals surface area (Å²) >= 11 is 1.58. The van der Waals surface area contributed by atoms with Gasteiger partial charge in [0.25, 0.3) is 5.91 Å². The first-order valence-corrected chi connectivity index (χ1v) is 12.6. The van der Waals surface area contributed by atoms with Crippen LogP contribution in [0.1, 0.15) is 32.6 Å². The highest BCUT2D eigenvalue weighted by Gasteiger charge is 2.18. The zero-order chi connectivity index (χ0) is 25.1. The van der Waals surface area contributed by atoms with Gasteiger partial charge >= 0.3 is 0 Å². The Labute approximate surface area is 214 Å². The van der Waals surface area contributed by atoms with Crippen molar-refractivity contribution in [2.45, 2.75) is 31.7 Å². The Morgan fingerprint density at radius 3 is 2.39 bits per heavy atom. The molecular weight excluding hydrogens is 468 g/mol. The average Bonchev–Trinajstić information content (AvgIpc) is 3.56. The molecule has 0 aliphatic rings. The Morgan fingerprint density at radius 2 is 1.69 bits per heavy atom. The van der Waals surface area contributed by atoms with Gasteiger partial charge in [-0.2, -0.15) is 0 Å². The van der Waals surface area contributed by atoms with Crippen LogP contribution in [-0.4, -0.2) is 20.7 Å². The van der Waals surface area contributed by atoms with Crippen molar-refractivity contribution in [3.63, 3.8) is 0 Å². The highest BCUT2D eigenvalue weighted by Crippen LogP contribution is 2.30. The molecule has 6 nitrogen and oxygen atoms in total. The Balaban J connectivity index is 1.31. The lowest BCUT2D eigenvalue weighted by Gasteiger charge is -2.10. The average molecular weight is 495 g/mol. The maximum Gasteiger partial charge on any atom is 0.255 e. The molecule has 0 aliphatic heterocycles. The van der Waals surface area contributed by atoms with Crippen LogP contribution in [0.15, 0.2) is 94.7 Å². The normalized spacial score (nSPS) is 11.0. The minimum Gasteiger partial charge on any atom is -0.461 e. The van der Waals surface area contributed by atoms with Gasteiger partial charge in [0.15, 0.2) is 10.9 Å². The van der Waals surface area contributed by atoms with Crippen LogP contribution < -0.4 is 5.32 Å². The molecule has 2 aromatic heterocycles. The topological polar surface area (TPSA) is 73.0 Å². The third-order valence-corrected chi connectivity index (χ3v) is 7.02. The third kappa shape index (κ3) is 5.11. The molecule has 0 bridgehead atoms. The van der Waals surface area contributed by atoms with Crippen LogP contribution in [0.4, 0.5) is 5.69 Å². The van der Waals surface area contributed by atoms with E-state index in [0.29, 0.717) is 22.9 Å². The highest BCUT2D eigenvalue weighted by molar-refractivity contribution is 7.98. The van der Waals surface area contributed by atoms with Crippen molar-refractivity contribution in [1.29, 1.82) is 0 Å². The maximum atomic E-state index is 12.7. The maximum absolute atomic E-state index is 12.7. The van der Waals surface area contributed by atoms with Crippen molar-refractivity contribution in [1.82, 2.24) is 14.8 Å². The summed E-state index contributed by atoms with van der Waals surface area (Å²) in [6.07, 6.45) is 1.63. The molecule has 5 aromatic rings. The third-order valence-electron chi connectivity index (χ3n) is 6.02. The van der Waals surface area contributed by atoms with Crippen molar-refractivity contribution >= 4 is 23.4 Å². The molecule has 1 N–H and O–H groups in total. The number of furan rings is 1. The second-order valence-electron chi connectivity index (χ2n) is 8.69. The molecular formula is C29H26N4O2S. The molecule has 3 aromatic carbocycles. The summed E-state index contributed by atoms with van der Waals surface area (Å²) in [4.78, 5) is 12.7. The van der Waals surface area contributed by atoms with Gasteiger partial charge < -0.3 is 9.73 Å². The molecule has 0 fully saturated rings. The van der Waals surface area contributed by atoms with E-state index in [1.54, 1.807) is 18.0 Å². The van der Waals surface area contributed by atoms with Gasteiger partial charge in [-0.3, -0.25) is 9.36 Å². The number of nitrogens with zero attached hydrogens (tertiary/aromatic N) is 3. The van der Waals surface area contributed by atoms with Crippen molar-refractivity contribution in [3.8, 4) is 17.3 Å². The summed E-state index contributed by atoms with van der Waals surface area (Å²) in [6.45, 7) is 6.15. The lowest BCUT2D eigenvalue weighted by molar-refractivity contribution is 0.102. The van der Waals surface area contributed by atoms with E-state index in [4.69, 9.17) is 4.42 Å². The number of hydrogen-bond acceptors (Lipinski definition) is 5. The van der Waals surface area contributed by atoms with Crippen molar-refractivity contribution < 1.29 is 9.21 Å². The Hall–Kier alpha value is -4.10. The van der Waals surface area contributed by atoms with E-state index in [1.807, 2.05) is 66.1 Å². The van der Waals surface area contributed by atoms with E-state index in [9.17, 15) is 4.79 Å². The quantitative estimate of drug-likeness (QED) is 0.247. The van der Waals surface area contributed by atoms with Gasteiger partial charge in [-0.1, -0.05) is 47.7 Å². The van der Waals surface area contributed by atoms with Gasteiger partial charge in [-0.15, -0.1) is 10.2 Å². The Morgan fingerprint density at radius 1 is 0.917 bits per heavy atom. The van der Waals surface area contributed by atoms with Crippen LogP contribution in [0.2, 0.25) is 0 Å². The minimum absolute atomic E-state index is 0.125. The van der Waals surface area contributed by atoms with E-state index in [0.717, 1.165) is 27.7 Å². The summed E-state index contributed by atoms with van der Waals surface area (Å²) in [5, 5.41) is 12.6. The second-order valence-corrected chi connectivity index (χ2v) is 9.64. The van der Waals surface area contributed by atoms with E-state index < -0.39 is 0 Å². The number of amides is 1. The molecule has 180 valence electrons. The monoisotopic (exact) mass is 494 g/mol. The zero-order valence-electron chi connectivity index (χ0n) is 20.4. The van der Waals surface area contributed by atoms with Crippen molar-refractivity contribution in [2.75, 3.05) is 5.32 Å².